The molecular formula is C19H22N6O2. The van der Waals surface area contributed by atoms with E-state index in [1.165, 1.54) is 0 Å². The molecule has 0 unspecified atom stereocenters. The summed E-state index contributed by atoms with van der Waals surface area (Å²) in [5.74, 6) is 0.881. The number of hydrogen-bond donors (Lipinski definition) is 3. The standard InChI is InChI=1S/C19H22N6O2/c1-11-3-4-13(16(20)26)10-15(11)22-18-14-9-12(2)21-17(14)23-19(24-18)25-5-7-27-8-6-25/h3-4,9-10H,5-8H2,1-2H3,(H2,20,26)(H2,21,22,23,24). The molecular weight excluding hydrogens is 344 g/mol. The lowest BCUT2D eigenvalue weighted by atomic mass is 10.1. The minimum Gasteiger partial charge on any atom is -0.378 e. The Bertz CT molecular complexity index is 1010. The molecule has 0 spiro atoms. The van der Waals surface area contributed by atoms with Crippen LogP contribution in [0.25, 0.3) is 11.0 Å². The van der Waals surface area contributed by atoms with E-state index >= 15 is 0 Å². The molecule has 3 heterocycles. The monoisotopic (exact) mass is 366 g/mol. The molecule has 140 valence electrons. The van der Waals surface area contributed by atoms with Crippen LogP contribution >= 0.6 is 0 Å². The molecule has 1 fully saturated rings. The first-order chi connectivity index (χ1) is 13.0. The Hall–Kier alpha value is -3.13. The zero-order valence-corrected chi connectivity index (χ0v) is 15.4. The minimum atomic E-state index is -0.461. The molecule has 4 N–H and O–H groups in total. The Balaban J connectivity index is 1.78. The van der Waals surface area contributed by atoms with Crippen molar-refractivity contribution in [3.63, 3.8) is 0 Å². The number of anilines is 3. The van der Waals surface area contributed by atoms with E-state index in [2.05, 4.69) is 20.2 Å². The number of aryl methyl sites for hydroxylation is 2. The molecule has 1 aliphatic heterocycles. The number of aromatic amines is 1. The average molecular weight is 366 g/mol. The maximum Gasteiger partial charge on any atom is 0.248 e. The van der Waals surface area contributed by atoms with Crippen LogP contribution in [-0.4, -0.2) is 47.2 Å². The lowest BCUT2D eigenvalue weighted by Crippen LogP contribution is -2.37. The Labute approximate surface area is 156 Å². The van der Waals surface area contributed by atoms with Crippen molar-refractivity contribution in [1.29, 1.82) is 0 Å². The van der Waals surface area contributed by atoms with Gasteiger partial charge in [-0.2, -0.15) is 9.97 Å². The zero-order chi connectivity index (χ0) is 19.0. The molecule has 1 saturated heterocycles. The van der Waals surface area contributed by atoms with Gasteiger partial charge in [-0.15, -0.1) is 0 Å². The van der Waals surface area contributed by atoms with E-state index in [1.807, 2.05) is 26.0 Å². The van der Waals surface area contributed by atoms with E-state index in [-0.39, 0.29) is 0 Å². The number of ether oxygens (including phenoxy) is 1. The van der Waals surface area contributed by atoms with Crippen LogP contribution in [0, 0.1) is 13.8 Å². The van der Waals surface area contributed by atoms with Crippen molar-refractivity contribution in [2.75, 3.05) is 36.5 Å². The largest absolute Gasteiger partial charge is 0.378 e. The van der Waals surface area contributed by atoms with E-state index in [0.717, 1.165) is 41.1 Å². The molecule has 0 radical (unpaired) electrons. The summed E-state index contributed by atoms with van der Waals surface area (Å²) in [4.78, 5) is 26.4. The molecule has 1 amide bonds. The van der Waals surface area contributed by atoms with E-state index in [4.69, 9.17) is 15.5 Å². The van der Waals surface area contributed by atoms with Gasteiger partial charge >= 0.3 is 0 Å². The van der Waals surface area contributed by atoms with Gasteiger partial charge in [0, 0.05) is 30.0 Å². The fourth-order valence-corrected chi connectivity index (χ4v) is 3.17. The summed E-state index contributed by atoms with van der Waals surface area (Å²) in [6, 6.07) is 7.34. The van der Waals surface area contributed by atoms with Gasteiger partial charge in [0.2, 0.25) is 11.9 Å². The van der Waals surface area contributed by atoms with Crippen LogP contribution < -0.4 is 16.0 Å². The third-order valence-electron chi connectivity index (χ3n) is 4.68. The zero-order valence-electron chi connectivity index (χ0n) is 15.4. The van der Waals surface area contributed by atoms with Crippen molar-refractivity contribution in [2.45, 2.75) is 13.8 Å². The van der Waals surface area contributed by atoms with Crippen LogP contribution in [0.1, 0.15) is 21.6 Å². The highest BCUT2D eigenvalue weighted by atomic mass is 16.5. The lowest BCUT2D eigenvalue weighted by molar-refractivity contribution is 0.100. The normalized spacial score (nSPS) is 14.5. The molecule has 27 heavy (non-hydrogen) atoms. The summed E-state index contributed by atoms with van der Waals surface area (Å²) in [7, 11) is 0. The molecule has 0 aliphatic carbocycles. The molecule has 3 aromatic rings. The Morgan fingerprint density at radius 3 is 2.74 bits per heavy atom. The number of rotatable bonds is 4. The molecule has 1 aromatic carbocycles. The van der Waals surface area contributed by atoms with Crippen molar-refractivity contribution in [3.8, 4) is 0 Å². The Morgan fingerprint density at radius 2 is 2.00 bits per heavy atom. The summed E-state index contributed by atoms with van der Waals surface area (Å²) < 4.78 is 5.43. The number of carbonyl (C=O) groups is 1. The van der Waals surface area contributed by atoms with Crippen LogP contribution in [0.5, 0.6) is 0 Å². The molecule has 2 aromatic heterocycles. The molecule has 1 aliphatic rings. The van der Waals surface area contributed by atoms with Gasteiger partial charge in [-0.1, -0.05) is 6.07 Å². The van der Waals surface area contributed by atoms with Crippen LogP contribution in [-0.2, 0) is 4.74 Å². The van der Waals surface area contributed by atoms with Gasteiger partial charge in [-0.3, -0.25) is 4.79 Å². The highest BCUT2D eigenvalue weighted by Crippen LogP contribution is 2.29. The SMILES string of the molecule is Cc1cc2c(Nc3cc(C(N)=O)ccc3C)nc(N3CCOCC3)nc2[nH]1. The highest BCUT2D eigenvalue weighted by molar-refractivity contribution is 5.95. The van der Waals surface area contributed by atoms with Crippen molar-refractivity contribution >= 4 is 34.4 Å². The summed E-state index contributed by atoms with van der Waals surface area (Å²) in [5.41, 5.74) is 9.44. The van der Waals surface area contributed by atoms with Gasteiger partial charge in [0.05, 0.1) is 18.6 Å². The van der Waals surface area contributed by atoms with E-state index in [1.54, 1.807) is 12.1 Å². The molecule has 8 heteroatoms. The number of H-pyrrole nitrogens is 1. The topological polar surface area (TPSA) is 109 Å². The number of amides is 1. The van der Waals surface area contributed by atoms with Crippen LogP contribution in [0.3, 0.4) is 0 Å². The second kappa shape index (κ2) is 6.88. The predicted molar refractivity (Wildman–Crippen MR) is 105 cm³/mol. The van der Waals surface area contributed by atoms with Crippen molar-refractivity contribution in [3.05, 3.63) is 41.1 Å². The summed E-state index contributed by atoms with van der Waals surface area (Å²) >= 11 is 0. The van der Waals surface area contributed by atoms with Gasteiger partial charge in [-0.25, -0.2) is 0 Å². The third kappa shape index (κ3) is 3.43. The summed E-state index contributed by atoms with van der Waals surface area (Å²) in [6.45, 7) is 6.78. The first-order valence-electron chi connectivity index (χ1n) is 8.89. The number of nitrogens with two attached hydrogens (primary N) is 1. The van der Waals surface area contributed by atoms with Gasteiger partial charge in [-0.05, 0) is 37.6 Å². The molecule has 0 bridgehead atoms. The number of fused-ring (bicyclic) bond motifs is 1. The first kappa shape index (κ1) is 17.3. The van der Waals surface area contributed by atoms with Crippen molar-refractivity contribution < 1.29 is 9.53 Å². The second-order valence-corrected chi connectivity index (χ2v) is 6.71. The first-order valence-corrected chi connectivity index (χ1v) is 8.89. The Morgan fingerprint density at radius 1 is 1.22 bits per heavy atom. The molecule has 4 rings (SSSR count). The molecule has 8 nitrogen and oxygen atoms in total. The molecule has 0 atom stereocenters. The number of benzene rings is 1. The molecule has 0 saturated carbocycles. The predicted octanol–water partition coefficient (Wildman–Crippen LogP) is 2.25. The van der Waals surface area contributed by atoms with Crippen LogP contribution in [0.4, 0.5) is 17.5 Å². The Kier molecular flexibility index (Phi) is 4.41. The lowest BCUT2D eigenvalue weighted by Gasteiger charge is -2.27. The van der Waals surface area contributed by atoms with E-state index in [0.29, 0.717) is 30.5 Å². The minimum absolute atomic E-state index is 0.451. The quantitative estimate of drug-likeness (QED) is 0.653. The number of nitrogens with zero attached hydrogens (tertiary/aromatic N) is 3. The highest BCUT2D eigenvalue weighted by Gasteiger charge is 2.18. The van der Waals surface area contributed by atoms with Crippen molar-refractivity contribution in [2.24, 2.45) is 5.73 Å². The van der Waals surface area contributed by atoms with Gasteiger partial charge in [0.15, 0.2) is 0 Å². The third-order valence-corrected chi connectivity index (χ3v) is 4.68. The smallest absolute Gasteiger partial charge is 0.248 e. The number of morpholine rings is 1. The number of carbonyl (C=O) groups excluding carboxylic acids is 1. The summed E-state index contributed by atoms with van der Waals surface area (Å²) in [6.07, 6.45) is 0. The van der Waals surface area contributed by atoms with Crippen LogP contribution in [0.15, 0.2) is 24.3 Å². The number of nitrogens with one attached hydrogen (secondary N) is 2. The van der Waals surface area contributed by atoms with Gasteiger partial charge < -0.3 is 25.7 Å². The van der Waals surface area contributed by atoms with E-state index in [9.17, 15) is 4.79 Å². The average Bonchev–Trinajstić information content (AvgIpc) is 3.04. The van der Waals surface area contributed by atoms with Gasteiger partial charge in [0.25, 0.3) is 0 Å². The van der Waals surface area contributed by atoms with Crippen LogP contribution in [0.2, 0.25) is 0 Å². The number of hydrogen-bond acceptors (Lipinski definition) is 6. The fraction of sp³-hybridized carbons (Fsp3) is 0.316. The second-order valence-electron chi connectivity index (χ2n) is 6.71. The van der Waals surface area contributed by atoms with Crippen molar-refractivity contribution in [1.82, 2.24) is 15.0 Å². The summed E-state index contributed by atoms with van der Waals surface area (Å²) in [5, 5.41) is 4.26. The number of primary amides is 1. The maximum absolute atomic E-state index is 11.5. The fourth-order valence-electron chi connectivity index (χ4n) is 3.17. The maximum atomic E-state index is 11.5. The van der Waals surface area contributed by atoms with Gasteiger partial charge in [0.1, 0.15) is 11.5 Å². The van der Waals surface area contributed by atoms with E-state index < -0.39 is 5.91 Å². The number of aromatic nitrogens is 3.